The number of benzene rings is 1. The third-order valence-electron chi connectivity index (χ3n) is 2.41. The summed E-state index contributed by atoms with van der Waals surface area (Å²) >= 11 is 0. The number of rotatable bonds is 5. The lowest BCUT2D eigenvalue weighted by Gasteiger charge is -2.04. The van der Waals surface area contributed by atoms with Crippen molar-refractivity contribution in [1.82, 2.24) is 15.8 Å². The standard InChI is InChI=1S/C14H13FN4O/c15-12-1-3-13(4-2-12)17-10-14(20)19-18-9-11-5-7-16-8-6-11/h1-8,10,18H,9H2,(H,19,20). The summed E-state index contributed by atoms with van der Waals surface area (Å²) in [5, 5.41) is 0. The predicted molar refractivity (Wildman–Crippen MR) is 73.8 cm³/mol. The van der Waals surface area contributed by atoms with E-state index in [4.69, 9.17) is 0 Å². The average Bonchev–Trinajstić information content (AvgIpc) is 2.48. The van der Waals surface area contributed by atoms with Gasteiger partial charge in [-0.25, -0.2) is 9.82 Å². The summed E-state index contributed by atoms with van der Waals surface area (Å²) < 4.78 is 12.7. The maximum absolute atomic E-state index is 12.7. The molecule has 1 aromatic carbocycles. The van der Waals surface area contributed by atoms with Gasteiger partial charge in [0.25, 0.3) is 5.91 Å². The quantitative estimate of drug-likeness (QED) is 0.643. The van der Waals surface area contributed by atoms with Crippen molar-refractivity contribution in [2.75, 3.05) is 0 Å². The molecule has 0 saturated carbocycles. The highest BCUT2D eigenvalue weighted by Crippen LogP contribution is 2.10. The summed E-state index contributed by atoms with van der Waals surface area (Å²) in [5.74, 6) is -0.726. The molecule has 0 spiro atoms. The predicted octanol–water partition coefficient (Wildman–Crippen LogP) is 1.74. The highest BCUT2D eigenvalue weighted by molar-refractivity contribution is 6.26. The number of aliphatic imine (C=N–C) groups is 1. The maximum atomic E-state index is 12.7. The first kappa shape index (κ1) is 13.8. The van der Waals surface area contributed by atoms with Crippen LogP contribution in [0.2, 0.25) is 0 Å². The lowest BCUT2D eigenvalue weighted by Crippen LogP contribution is -2.37. The molecule has 1 amide bonds. The Hall–Kier alpha value is -2.60. The normalized spacial score (nSPS) is 10.7. The largest absolute Gasteiger partial charge is 0.286 e. The van der Waals surface area contributed by atoms with Crippen molar-refractivity contribution in [2.24, 2.45) is 4.99 Å². The summed E-state index contributed by atoms with van der Waals surface area (Å²) in [7, 11) is 0. The van der Waals surface area contributed by atoms with Gasteiger partial charge < -0.3 is 0 Å². The number of carbonyl (C=O) groups excluding carboxylic acids is 1. The van der Waals surface area contributed by atoms with Crippen LogP contribution in [-0.2, 0) is 11.3 Å². The highest BCUT2D eigenvalue weighted by atomic mass is 19.1. The summed E-state index contributed by atoms with van der Waals surface area (Å²) in [6.07, 6.45) is 4.48. The molecule has 2 N–H and O–H groups in total. The van der Waals surface area contributed by atoms with Crippen LogP contribution in [-0.4, -0.2) is 17.1 Å². The third-order valence-corrected chi connectivity index (χ3v) is 2.41. The van der Waals surface area contributed by atoms with Crippen LogP contribution in [0, 0.1) is 5.82 Å². The zero-order chi connectivity index (χ0) is 14.2. The molecule has 5 nitrogen and oxygen atoms in total. The van der Waals surface area contributed by atoms with Crippen molar-refractivity contribution < 1.29 is 9.18 Å². The first-order valence-electron chi connectivity index (χ1n) is 5.95. The maximum Gasteiger partial charge on any atom is 0.276 e. The molecule has 0 radical (unpaired) electrons. The number of hydrogen-bond donors (Lipinski definition) is 2. The van der Waals surface area contributed by atoms with Crippen LogP contribution < -0.4 is 10.9 Å². The van der Waals surface area contributed by atoms with Gasteiger partial charge >= 0.3 is 0 Å². The van der Waals surface area contributed by atoms with Crippen molar-refractivity contribution in [3.05, 3.63) is 60.2 Å². The van der Waals surface area contributed by atoms with E-state index in [1.165, 1.54) is 24.3 Å². The molecule has 0 unspecified atom stereocenters. The zero-order valence-corrected chi connectivity index (χ0v) is 10.6. The van der Waals surface area contributed by atoms with Gasteiger partial charge in [0.05, 0.1) is 11.9 Å². The molecular formula is C14H13FN4O. The molecule has 2 rings (SSSR count). The lowest BCUT2D eigenvalue weighted by atomic mass is 10.3. The molecule has 0 aliphatic heterocycles. The number of nitrogens with one attached hydrogen (secondary N) is 2. The second kappa shape index (κ2) is 7.10. The van der Waals surface area contributed by atoms with Crippen LogP contribution in [0.25, 0.3) is 0 Å². The Bertz CT molecular complexity index is 584. The van der Waals surface area contributed by atoms with Crippen molar-refractivity contribution in [3.8, 4) is 0 Å². The van der Waals surface area contributed by atoms with Crippen molar-refractivity contribution >= 4 is 17.8 Å². The van der Waals surface area contributed by atoms with Gasteiger partial charge in [-0.3, -0.25) is 20.2 Å². The minimum atomic E-state index is -0.386. The van der Waals surface area contributed by atoms with E-state index in [1.807, 2.05) is 12.1 Å². The topological polar surface area (TPSA) is 66.4 Å². The van der Waals surface area contributed by atoms with E-state index >= 15 is 0 Å². The number of aromatic nitrogens is 1. The molecule has 0 fully saturated rings. The van der Waals surface area contributed by atoms with Crippen molar-refractivity contribution in [3.63, 3.8) is 0 Å². The Morgan fingerprint density at radius 3 is 2.60 bits per heavy atom. The molecule has 0 saturated heterocycles. The molecule has 1 aromatic heterocycles. The van der Waals surface area contributed by atoms with E-state index in [1.54, 1.807) is 12.4 Å². The van der Waals surface area contributed by atoms with Gasteiger partial charge in [-0.05, 0) is 42.0 Å². The molecule has 6 heteroatoms. The smallest absolute Gasteiger partial charge is 0.276 e. The van der Waals surface area contributed by atoms with E-state index in [0.717, 1.165) is 11.8 Å². The van der Waals surface area contributed by atoms with E-state index in [-0.39, 0.29) is 11.7 Å². The number of pyridine rings is 1. The summed E-state index contributed by atoms with van der Waals surface area (Å²) in [5.41, 5.74) is 6.75. The molecule has 0 bridgehead atoms. The molecule has 20 heavy (non-hydrogen) atoms. The zero-order valence-electron chi connectivity index (χ0n) is 10.6. The Kier molecular flexibility index (Phi) is 4.91. The molecule has 2 aromatic rings. The number of nitrogens with zero attached hydrogens (tertiary/aromatic N) is 2. The second-order valence-electron chi connectivity index (χ2n) is 3.93. The number of hydrazine groups is 1. The lowest BCUT2D eigenvalue weighted by molar-refractivity contribution is -0.115. The van der Waals surface area contributed by atoms with Gasteiger partial charge in [0.2, 0.25) is 0 Å². The monoisotopic (exact) mass is 272 g/mol. The first-order valence-corrected chi connectivity index (χ1v) is 5.95. The highest BCUT2D eigenvalue weighted by Gasteiger charge is 1.96. The third kappa shape index (κ3) is 4.58. The first-order chi connectivity index (χ1) is 9.74. The van der Waals surface area contributed by atoms with E-state index in [9.17, 15) is 9.18 Å². The molecular weight excluding hydrogens is 259 g/mol. The minimum absolute atomic E-state index is 0.340. The van der Waals surface area contributed by atoms with Gasteiger partial charge in [0, 0.05) is 18.9 Å². The fraction of sp³-hybridized carbons (Fsp3) is 0.0714. The van der Waals surface area contributed by atoms with Crippen molar-refractivity contribution in [1.29, 1.82) is 0 Å². The van der Waals surface area contributed by atoms with Gasteiger partial charge in [-0.15, -0.1) is 0 Å². The number of hydrogen-bond acceptors (Lipinski definition) is 4. The van der Waals surface area contributed by atoms with Crippen LogP contribution in [0.3, 0.4) is 0 Å². The molecule has 0 aliphatic rings. The van der Waals surface area contributed by atoms with E-state index in [0.29, 0.717) is 12.2 Å². The Balaban J connectivity index is 1.76. The average molecular weight is 272 g/mol. The second-order valence-corrected chi connectivity index (χ2v) is 3.93. The van der Waals surface area contributed by atoms with Crippen LogP contribution in [0.5, 0.6) is 0 Å². The summed E-state index contributed by atoms with van der Waals surface area (Å²) in [4.78, 5) is 19.3. The van der Waals surface area contributed by atoms with Gasteiger partial charge in [0.15, 0.2) is 0 Å². The molecule has 1 heterocycles. The van der Waals surface area contributed by atoms with Crippen LogP contribution >= 0.6 is 0 Å². The van der Waals surface area contributed by atoms with Crippen LogP contribution in [0.1, 0.15) is 5.56 Å². The summed E-state index contributed by atoms with van der Waals surface area (Å²) in [6, 6.07) is 9.23. The molecule has 0 atom stereocenters. The van der Waals surface area contributed by atoms with E-state index < -0.39 is 0 Å². The van der Waals surface area contributed by atoms with E-state index in [2.05, 4.69) is 20.8 Å². The fourth-order valence-electron chi connectivity index (χ4n) is 1.43. The minimum Gasteiger partial charge on any atom is -0.286 e. The van der Waals surface area contributed by atoms with Crippen LogP contribution in [0.4, 0.5) is 10.1 Å². The molecule has 102 valence electrons. The SMILES string of the molecule is O=C(C=Nc1ccc(F)cc1)NNCc1ccncc1. The summed E-state index contributed by atoms with van der Waals surface area (Å²) in [6.45, 7) is 0.485. The van der Waals surface area contributed by atoms with Gasteiger partial charge in [-0.2, -0.15) is 0 Å². The Labute approximate surface area is 115 Å². The fourth-order valence-corrected chi connectivity index (χ4v) is 1.43. The number of amides is 1. The number of halogens is 1. The Morgan fingerprint density at radius 1 is 1.20 bits per heavy atom. The van der Waals surface area contributed by atoms with Gasteiger partial charge in [0.1, 0.15) is 5.82 Å². The van der Waals surface area contributed by atoms with Crippen molar-refractivity contribution in [2.45, 2.75) is 6.54 Å². The van der Waals surface area contributed by atoms with Gasteiger partial charge in [-0.1, -0.05) is 0 Å². The Morgan fingerprint density at radius 2 is 1.90 bits per heavy atom. The van der Waals surface area contributed by atoms with Crippen LogP contribution in [0.15, 0.2) is 53.8 Å². The molecule has 0 aliphatic carbocycles. The number of carbonyl (C=O) groups is 1.